The van der Waals surface area contributed by atoms with Gasteiger partial charge in [-0.2, -0.15) is 13.2 Å². The number of hydrogen-bond acceptors (Lipinski definition) is 1. The van der Waals surface area contributed by atoms with E-state index in [1.807, 2.05) is 0 Å². The molecule has 152 valence electrons. The summed E-state index contributed by atoms with van der Waals surface area (Å²) in [6, 6.07) is 2.83. The van der Waals surface area contributed by atoms with Crippen molar-refractivity contribution in [1.29, 1.82) is 0 Å². The van der Waals surface area contributed by atoms with Gasteiger partial charge in [0, 0.05) is 10.5 Å². The lowest BCUT2D eigenvalue weighted by atomic mass is 10.0. The third-order valence-corrected chi connectivity index (χ3v) is 6.10. The van der Waals surface area contributed by atoms with Crippen LogP contribution in [0.5, 0.6) is 0 Å². The normalized spacial score (nSPS) is 16.5. The van der Waals surface area contributed by atoms with Crippen molar-refractivity contribution in [3.63, 3.8) is 0 Å². The Bertz CT molecular complexity index is 901. The first-order chi connectivity index (χ1) is 11.9. The van der Waals surface area contributed by atoms with Crippen molar-refractivity contribution in [3.8, 4) is 11.1 Å². The molecule has 2 aromatic rings. The molecule has 12 heteroatoms. The van der Waals surface area contributed by atoms with E-state index < -0.39 is 49.2 Å². The van der Waals surface area contributed by atoms with Gasteiger partial charge in [-0.3, -0.25) is 4.21 Å². The number of alkyl halides is 3. The highest BCUT2D eigenvalue weighted by Crippen LogP contribution is 3.02. The lowest BCUT2D eigenvalue weighted by molar-refractivity contribution is -0.105. The quantitative estimate of drug-likeness (QED) is 0.461. The third kappa shape index (κ3) is 5.41. The molecule has 0 aliphatic rings. The highest BCUT2D eigenvalue weighted by Gasteiger charge is 2.65. The van der Waals surface area contributed by atoms with E-state index in [0.29, 0.717) is 12.1 Å². The van der Waals surface area contributed by atoms with Crippen LogP contribution in [0.4, 0.5) is 37.0 Å². The second-order valence-corrected chi connectivity index (χ2v) is 9.52. The van der Waals surface area contributed by atoms with Crippen LogP contribution in [-0.2, 0) is 10.8 Å². The molecule has 2 rings (SSSR count). The van der Waals surface area contributed by atoms with Gasteiger partial charge in [-0.1, -0.05) is 31.6 Å². The molecule has 0 aliphatic heterocycles. The lowest BCUT2D eigenvalue weighted by Crippen LogP contribution is -2.19. The van der Waals surface area contributed by atoms with Crippen LogP contribution in [0.1, 0.15) is 5.56 Å². The van der Waals surface area contributed by atoms with E-state index in [0.717, 1.165) is 12.1 Å². The van der Waals surface area contributed by atoms with Gasteiger partial charge in [0.1, 0.15) is 16.5 Å². The van der Waals surface area contributed by atoms with Crippen molar-refractivity contribution < 1.29 is 41.2 Å². The van der Waals surface area contributed by atoms with E-state index in [1.54, 1.807) is 0 Å². The summed E-state index contributed by atoms with van der Waals surface area (Å²) in [4.78, 5) is -2.55. The first-order valence-corrected chi connectivity index (χ1v) is 10.2. The number of hydrogen-bond donors (Lipinski definition) is 0. The minimum absolute atomic E-state index is 0.0533. The minimum atomic E-state index is -9.91. The molecule has 1 nitrogen and oxygen atoms in total. The molecule has 0 saturated carbocycles. The first-order valence-electron chi connectivity index (χ1n) is 6.97. The van der Waals surface area contributed by atoms with Crippen molar-refractivity contribution in [3.05, 3.63) is 47.8 Å². The smallest absolute Gasteiger partial charge is 0.254 e. The molecule has 1 atom stereocenters. The summed E-state index contributed by atoms with van der Waals surface area (Å²) in [6.07, 6.45) is -4.75. The molecule has 0 bridgehead atoms. The van der Waals surface area contributed by atoms with Gasteiger partial charge in [-0.05, 0) is 42.3 Å². The standard InChI is InChI=1S/C15H11F9OS2/c1-9-6-13(16)12(7-14(9)26(25)8-15(17,18)19)10-2-4-11(5-3-10)27(20,21,22,23)24/h2-7H,8H2,1H3. The Morgan fingerprint density at radius 3 is 1.93 bits per heavy atom. The SMILES string of the molecule is Cc1cc(F)c(-c2ccc(S(F)(F)(F)(F)F)cc2)cc1S(=O)CC(F)(F)F. The van der Waals surface area contributed by atoms with Gasteiger partial charge < -0.3 is 0 Å². The van der Waals surface area contributed by atoms with Gasteiger partial charge in [0.2, 0.25) is 0 Å². The fourth-order valence-corrected chi connectivity index (χ4v) is 4.01. The second-order valence-electron chi connectivity index (χ2n) is 5.70. The zero-order chi connectivity index (χ0) is 20.9. The Hall–Kier alpha value is -1.69. The highest BCUT2D eigenvalue weighted by molar-refractivity contribution is 8.45. The lowest BCUT2D eigenvalue weighted by Gasteiger charge is -2.40. The Morgan fingerprint density at radius 1 is 0.963 bits per heavy atom. The molecule has 0 heterocycles. The summed E-state index contributed by atoms with van der Waals surface area (Å²) in [5.74, 6) is -2.71. The summed E-state index contributed by atoms with van der Waals surface area (Å²) >= 11 is 0. The Balaban J connectivity index is 2.51. The van der Waals surface area contributed by atoms with E-state index in [4.69, 9.17) is 0 Å². The largest absolute Gasteiger partial charge is 0.400 e. The summed E-state index contributed by atoms with van der Waals surface area (Å²) in [6.45, 7) is 1.22. The van der Waals surface area contributed by atoms with Gasteiger partial charge in [0.25, 0.3) is 0 Å². The van der Waals surface area contributed by atoms with Gasteiger partial charge in [-0.15, -0.1) is 0 Å². The number of aryl methyl sites for hydroxylation is 1. The Kier molecular flexibility index (Phi) is 4.72. The number of rotatable bonds is 4. The number of benzene rings is 2. The Labute approximate surface area is 150 Å². The molecule has 0 spiro atoms. The van der Waals surface area contributed by atoms with E-state index in [1.165, 1.54) is 6.92 Å². The minimum Gasteiger partial charge on any atom is -0.254 e. The molecule has 0 aliphatic carbocycles. The average Bonchev–Trinajstić information content (AvgIpc) is 2.43. The van der Waals surface area contributed by atoms with Crippen LogP contribution in [-0.4, -0.2) is 16.1 Å². The maximum atomic E-state index is 14.1. The van der Waals surface area contributed by atoms with E-state index in [9.17, 15) is 41.2 Å². The van der Waals surface area contributed by atoms with Crippen LogP contribution in [0.15, 0.2) is 46.2 Å². The summed E-state index contributed by atoms with van der Waals surface area (Å²) in [5.41, 5.74) is -0.800. The van der Waals surface area contributed by atoms with Gasteiger partial charge in [0.15, 0.2) is 0 Å². The van der Waals surface area contributed by atoms with Gasteiger partial charge >= 0.3 is 16.4 Å². The molecule has 2 aromatic carbocycles. The van der Waals surface area contributed by atoms with Crippen LogP contribution in [0, 0.1) is 12.7 Å². The fourth-order valence-electron chi connectivity index (χ4n) is 2.24. The summed E-state index contributed by atoms with van der Waals surface area (Å²) < 4.78 is 127. The predicted molar refractivity (Wildman–Crippen MR) is 85.3 cm³/mol. The van der Waals surface area contributed by atoms with Gasteiger partial charge in [-0.25, -0.2) is 4.39 Å². The average molecular weight is 442 g/mol. The zero-order valence-electron chi connectivity index (χ0n) is 13.3. The molecule has 0 N–H and O–H groups in total. The number of halogens is 9. The van der Waals surface area contributed by atoms with Crippen molar-refractivity contribution in [1.82, 2.24) is 0 Å². The fraction of sp³-hybridized carbons (Fsp3) is 0.200. The zero-order valence-corrected chi connectivity index (χ0v) is 14.9. The molecular weight excluding hydrogens is 431 g/mol. The topological polar surface area (TPSA) is 17.1 Å². The predicted octanol–water partition coefficient (Wildman–Crippen LogP) is 7.13. The van der Waals surface area contributed by atoms with Gasteiger partial charge in [0.05, 0.1) is 10.8 Å². The van der Waals surface area contributed by atoms with Crippen molar-refractivity contribution >= 4 is 21.0 Å². The molecular formula is C15H11F9OS2. The molecule has 0 aromatic heterocycles. The monoisotopic (exact) mass is 442 g/mol. The molecule has 0 radical (unpaired) electrons. The molecule has 27 heavy (non-hydrogen) atoms. The summed E-state index contributed by atoms with van der Waals surface area (Å²) in [5, 5.41) is 0. The van der Waals surface area contributed by atoms with E-state index in [-0.39, 0.29) is 28.2 Å². The Morgan fingerprint density at radius 2 is 1.48 bits per heavy atom. The van der Waals surface area contributed by atoms with Crippen LogP contribution >= 0.6 is 10.2 Å². The molecule has 0 fully saturated rings. The van der Waals surface area contributed by atoms with Crippen LogP contribution in [0.3, 0.4) is 0 Å². The van der Waals surface area contributed by atoms with E-state index >= 15 is 0 Å². The van der Waals surface area contributed by atoms with Crippen molar-refractivity contribution in [2.75, 3.05) is 5.75 Å². The van der Waals surface area contributed by atoms with Crippen LogP contribution in [0.25, 0.3) is 11.1 Å². The highest BCUT2D eigenvalue weighted by atomic mass is 32.5. The molecule has 1 unspecified atom stereocenters. The summed E-state index contributed by atoms with van der Waals surface area (Å²) in [7, 11) is -12.5. The second kappa shape index (κ2) is 5.90. The van der Waals surface area contributed by atoms with Crippen molar-refractivity contribution in [2.45, 2.75) is 22.9 Å². The van der Waals surface area contributed by atoms with Crippen molar-refractivity contribution in [2.24, 2.45) is 0 Å². The van der Waals surface area contributed by atoms with Crippen LogP contribution < -0.4 is 0 Å². The maximum absolute atomic E-state index is 14.1. The van der Waals surface area contributed by atoms with E-state index in [2.05, 4.69) is 0 Å². The third-order valence-electron chi connectivity index (χ3n) is 3.42. The molecule has 0 amide bonds. The van der Waals surface area contributed by atoms with Crippen LogP contribution in [0.2, 0.25) is 0 Å². The first kappa shape index (κ1) is 21.6. The molecule has 0 saturated heterocycles. The maximum Gasteiger partial charge on any atom is 0.400 e.